The molecule has 5 heteroatoms. The fourth-order valence-corrected chi connectivity index (χ4v) is 2.01. The van der Waals surface area contributed by atoms with Crippen molar-refractivity contribution >= 4 is 29.1 Å². The van der Waals surface area contributed by atoms with Crippen LogP contribution in [0, 0.1) is 5.41 Å². The first-order chi connectivity index (χ1) is 8.25. The van der Waals surface area contributed by atoms with Crippen molar-refractivity contribution in [2.24, 2.45) is 11.3 Å². The predicted molar refractivity (Wildman–Crippen MR) is 75.8 cm³/mol. The molecule has 1 aromatic carbocycles. The quantitative estimate of drug-likeness (QED) is 0.521. The van der Waals surface area contributed by atoms with Crippen molar-refractivity contribution < 1.29 is 4.79 Å². The van der Waals surface area contributed by atoms with E-state index in [1.807, 2.05) is 0 Å². The summed E-state index contributed by atoms with van der Waals surface area (Å²) in [6, 6.07) is 4.71. The Labute approximate surface area is 118 Å². The van der Waals surface area contributed by atoms with Crippen LogP contribution in [0.5, 0.6) is 0 Å². The number of rotatable bonds is 4. The van der Waals surface area contributed by atoms with E-state index in [9.17, 15) is 4.79 Å². The third kappa shape index (κ3) is 4.16. The fourth-order valence-electron chi connectivity index (χ4n) is 1.49. The number of hydrogen-bond acceptors (Lipinski definition) is 2. The molecule has 0 bridgehead atoms. The summed E-state index contributed by atoms with van der Waals surface area (Å²) in [7, 11) is 0. The van der Waals surface area contributed by atoms with Crippen molar-refractivity contribution in [3.63, 3.8) is 0 Å². The second-order valence-electron chi connectivity index (χ2n) is 5.11. The summed E-state index contributed by atoms with van der Waals surface area (Å²) in [5.74, 6) is 5.53. The van der Waals surface area contributed by atoms with Gasteiger partial charge in [0.25, 0.3) is 5.91 Å². The standard InChI is InChI=1S/C13H18Cl2N2O/c1-4-13(2,3)8-17(16)12(18)9-5-10(14)7-11(15)6-9/h5-7H,4,8,16H2,1-3H3. The molecule has 0 aliphatic heterocycles. The number of carbonyl (C=O) groups excluding carboxylic acids is 1. The number of nitrogens with two attached hydrogens (primary N) is 1. The summed E-state index contributed by atoms with van der Waals surface area (Å²) in [6.45, 7) is 6.66. The molecule has 0 aliphatic rings. The monoisotopic (exact) mass is 288 g/mol. The van der Waals surface area contributed by atoms with Crippen LogP contribution < -0.4 is 5.84 Å². The molecule has 18 heavy (non-hydrogen) atoms. The highest BCUT2D eigenvalue weighted by atomic mass is 35.5. The van der Waals surface area contributed by atoms with Gasteiger partial charge >= 0.3 is 0 Å². The summed E-state index contributed by atoms with van der Waals surface area (Å²) in [6.07, 6.45) is 0.935. The Hall–Kier alpha value is -0.770. The molecule has 1 aromatic rings. The van der Waals surface area contributed by atoms with E-state index in [1.165, 1.54) is 5.01 Å². The summed E-state index contributed by atoms with van der Waals surface area (Å²) in [5, 5.41) is 2.06. The van der Waals surface area contributed by atoms with Gasteiger partial charge in [-0.3, -0.25) is 9.80 Å². The van der Waals surface area contributed by atoms with Gasteiger partial charge in [-0.2, -0.15) is 0 Å². The zero-order chi connectivity index (χ0) is 13.9. The van der Waals surface area contributed by atoms with Gasteiger partial charge in [0.2, 0.25) is 0 Å². The topological polar surface area (TPSA) is 46.3 Å². The van der Waals surface area contributed by atoms with E-state index in [2.05, 4.69) is 20.8 Å². The van der Waals surface area contributed by atoms with Crippen molar-refractivity contribution in [2.75, 3.05) is 6.54 Å². The molecule has 0 fully saturated rings. The number of carbonyl (C=O) groups is 1. The molecule has 0 saturated heterocycles. The first-order valence-corrected chi connectivity index (χ1v) is 6.53. The van der Waals surface area contributed by atoms with Crippen LogP contribution in [-0.2, 0) is 0 Å². The minimum Gasteiger partial charge on any atom is -0.276 e. The average molecular weight is 289 g/mol. The maximum atomic E-state index is 12.1. The van der Waals surface area contributed by atoms with Crippen molar-refractivity contribution in [2.45, 2.75) is 27.2 Å². The van der Waals surface area contributed by atoms with Gasteiger partial charge in [-0.15, -0.1) is 0 Å². The van der Waals surface area contributed by atoms with Crippen LogP contribution in [0.15, 0.2) is 18.2 Å². The van der Waals surface area contributed by atoms with Crippen molar-refractivity contribution in [1.82, 2.24) is 5.01 Å². The number of hydrogen-bond donors (Lipinski definition) is 1. The fraction of sp³-hybridized carbons (Fsp3) is 0.462. The van der Waals surface area contributed by atoms with E-state index in [-0.39, 0.29) is 11.3 Å². The Bertz CT molecular complexity index is 426. The molecule has 0 aliphatic carbocycles. The van der Waals surface area contributed by atoms with E-state index in [0.29, 0.717) is 22.2 Å². The zero-order valence-electron chi connectivity index (χ0n) is 10.8. The number of halogens is 2. The third-order valence-corrected chi connectivity index (χ3v) is 3.36. The molecule has 0 unspecified atom stereocenters. The molecule has 0 atom stereocenters. The smallest absolute Gasteiger partial charge is 0.267 e. The molecule has 100 valence electrons. The second kappa shape index (κ2) is 5.91. The first kappa shape index (κ1) is 15.3. The lowest BCUT2D eigenvalue weighted by Gasteiger charge is -2.28. The lowest BCUT2D eigenvalue weighted by atomic mass is 9.90. The van der Waals surface area contributed by atoms with Crippen LogP contribution in [-0.4, -0.2) is 17.5 Å². The Morgan fingerprint density at radius 3 is 2.22 bits per heavy atom. The number of hydrazine groups is 1. The lowest BCUT2D eigenvalue weighted by molar-refractivity contribution is 0.0680. The van der Waals surface area contributed by atoms with E-state index in [1.54, 1.807) is 18.2 Å². The highest BCUT2D eigenvalue weighted by molar-refractivity contribution is 6.35. The third-order valence-electron chi connectivity index (χ3n) is 2.93. The summed E-state index contributed by atoms with van der Waals surface area (Å²) in [5.41, 5.74) is 0.383. The van der Waals surface area contributed by atoms with Crippen LogP contribution >= 0.6 is 23.2 Å². The number of amides is 1. The zero-order valence-corrected chi connectivity index (χ0v) is 12.3. The van der Waals surface area contributed by atoms with E-state index in [4.69, 9.17) is 29.0 Å². The Kier molecular flexibility index (Phi) is 5.02. The van der Waals surface area contributed by atoms with Gasteiger partial charge in [0, 0.05) is 22.2 Å². The van der Waals surface area contributed by atoms with Gasteiger partial charge < -0.3 is 0 Å². The normalized spacial score (nSPS) is 11.4. The van der Waals surface area contributed by atoms with Gasteiger partial charge in [0.15, 0.2) is 0 Å². The summed E-state index contributed by atoms with van der Waals surface area (Å²) >= 11 is 11.7. The van der Waals surface area contributed by atoms with Gasteiger partial charge in [-0.25, -0.2) is 5.84 Å². The average Bonchev–Trinajstić information content (AvgIpc) is 2.26. The largest absolute Gasteiger partial charge is 0.276 e. The molecule has 0 heterocycles. The van der Waals surface area contributed by atoms with Crippen LogP contribution in [0.4, 0.5) is 0 Å². The summed E-state index contributed by atoms with van der Waals surface area (Å²) in [4.78, 5) is 12.1. The maximum absolute atomic E-state index is 12.1. The van der Waals surface area contributed by atoms with Gasteiger partial charge in [0.1, 0.15) is 0 Å². The van der Waals surface area contributed by atoms with Gasteiger partial charge in [-0.05, 0) is 30.0 Å². The van der Waals surface area contributed by atoms with Gasteiger partial charge in [0.05, 0.1) is 0 Å². The van der Waals surface area contributed by atoms with E-state index in [0.717, 1.165) is 6.42 Å². The molecule has 0 radical (unpaired) electrons. The highest BCUT2D eigenvalue weighted by Crippen LogP contribution is 2.23. The molecule has 2 N–H and O–H groups in total. The molecular formula is C13H18Cl2N2O. The lowest BCUT2D eigenvalue weighted by Crippen LogP contribution is -2.43. The maximum Gasteiger partial charge on any atom is 0.267 e. The Morgan fingerprint density at radius 2 is 1.78 bits per heavy atom. The molecule has 3 nitrogen and oxygen atoms in total. The van der Waals surface area contributed by atoms with Crippen molar-refractivity contribution in [1.29, 1.82) is 0 Å². The summed E-state index contributed by atoms with van der Waals surface area (Å²) < 4.78 is 0. The number of nitrogens with zero attached hydrogens (tertiary/aromatic N) is 1. The minimum absolute atomic E-state index is 0.0211. The predicted octanol–water partition coefficient (Wildman–Crippen LogP) is 3.75. The van der Waals surface area contributed by atoms with Crippen LogP contribution in [0.25, 0.3) is 0 Å². The highest BCUT2D eigenvalue weighted by Gasteiger charge is 2.22. The van der Waals surface area contributed by atoms with E-state index < -0.39 is 0 Å². The van der Waals surface area contributed by atoms with Crippen LogP contribution in [0.1, 0.15) is 37.6 Å². The molecule has 1 amide bonds. The first-order valence-electron chi connectivity index (χ1n) is 5.78. The molecule has 0 aromatic heterocycles. The number of benzene rings is 1. The molecule has 0 spiro atoms. The van der Waals surface area contributed by atoms with Gasteiger partial charge in [-0.1, -0.05) is 44.0 Å². The van der Waals surface area contributed by atoms with Crippen molar-refractivity contribution in [3.05, 3.63) is 33.8 Å². The van der Waals surface area contributed by atoms with Crippen LogP contribution in [0.3, 0.4) is 0 Å². The minimum atomic E-state index is -0.277. The molecular weight excluding hydrogens is 271 g/mol. The molecule has 0 saturated carbocycles. The van der Waals surface area contributed by atoms with Crippen LogP contribution in [0.2, 0.25) is 10.0 Å². The molecule has 1 rings (SSSR count). The van der Waals surface area contributed by atoms with Crippen molar-refractivity contribution in [3.8, 4) is 0 Å². The Balaban J connectivity index is 2.87. The second-order valence-corrected chi connectivity index (χ2v) is 5.98. The van der Waals surface area contributed by atoms with E-state index >= 15 is 0 Å². The Morgan fingerprint density at radius 1 is 1.28 bits per heavy atom. The SMILES string of the molecule is CCC(C)(C)CN(N)C(=O)c1cc(Cl)cc(Cl)c1.